The number of hydrogen-bond donors (Lipinski definition) is 0. The average Bonchev–Trinajstić information content (AvgIpc) is 2.58. The van der Waals surface area contributed by atoms with Crippen LogP contribution in [0.25, 0.3) is 10.8 Å². The minimum atomic E-state index is -0.358. The SMILES string of the molecule is C[N+](C)([O-])[C@H](CCOc1cccc2ccccc12)c1ccccc1. The fraction of sp³-hybridized carbons (Fsp3) is 0.238. The third-order valence-electron chi connectivity index (χ3n) is 4.33. The molecule has 0 amide bonds. The van der Waals surface area contributed by atoms with E-state index in [1.54, 1.807) is 14.1 Å². The monoisotopic (exact) mass is 321 g/mol. The average molecular weight is 321 g/mol. The number of rotatable bonds is 6. The minimum absolute atomic E-state index is 0.138. The first-order chi connectivity index (χ1) is 11.6. The van der Waals surface area contributed by atoms with Crippen LogP contribution >= 0.6 is 0 Å². The van der Waals surface area contributed by atoms with Gasteiger partial charge in [-0.1, -0.05) is 66.7 Å². The van der Waals surface area contributed by atoms with Crippen molar-refractivity contribution < 1.29 is 9.38 Å². The van der Waals surface area contributed by atoms with Gasteiger partial charge in [0.05, 0.1) is 20.7 Å². The Bertz CT molecular complexity index is 788. The second-order valence-corrected chi connectivity index (χ2v) is 6.48. The summed E-state index contributed by atoms with van der Waals surface area (Å²) in [6.07, 6.45) is 0.670. The minimum Gasteiger partial charge on any atom is -0.633 e. The summed E-state index contributed by atoms with van der Waals surface area (Å²) in [5, 5.41) is 14.8. The second kappa shape index (κ2) is 7.04. The van der Waals surface area contributed by atoms with E-state index >= 15 is 0 Å². The number of hydroxylamine groups is 3. The Kier molecular flexibility index (Phi) is 4.84. The van der Waals surface area contributed by atoms with Crippen LogP contribution in [-0.2, 0) is 0 Å². The highest BCUT2D eigenvalue weighted by molar-refractivity contribution is 5.88. The van der Waals surface area contributed by atoms with Crippen molar-refractivity contribution in [1.29, 1.82) is 0 Å². The Hall–Kier alpha value is -2.36. The molecule has 1 atom stereocenters. The highest BCUT2D eigenvalue weighted by atomic mass is 16.5. The van der Waals surface area contributed by atoms with E-state index in [0.29, 0.717) is 13.0 Å². The standard InChI is InChI=1S/C21H23NO2/c1-22(2,23)20(18-10-4-3-5-11-18)15-16-24-21-14-8-12-17-9-6-7-13-19(17)21/h3-14,20H,15-16H2,1-2H3/t20-/m1/s1. The lowest BCUT2D eigenvalue weighted by Gasteiger charge is -2.42. The zero-order valence-electron chi connectivity index (χ0n) is 14.2. The van der Waals surface area contributed by atoms with E-state index < -0.39 is 0 Å². The molecule has 0 heterocycles. The summed E-state index contributed by atoms with van der Waals surface area (Å²) in [6, 6.07) is 24.0. The third kappa shape index (κ3) is 3.75. The predicted octanol–water partition coefficient (Wildman–Crippen LogP) is 4.92. The zero-order valence-corrected chi connectivity index (χ0v) is 14.2. The molecule has 3 heteroatoms. The molecule has 124 valence electrons. The molecule has 3 rings (SSSR count). The first-order valence-electron chi connectivity index (χ1n) is 8.26. The van der Waals surface area contributed by atoms with Gasteiger partial charge in [0.1, 0.15) is 11.8 Å². The first-order valence-corrected chi connectivity index (χ1v) is 8.26. The molecule has 0 unspecified atom stereocenters. The maximum atomic E-state index is 12.5. The van der Waals surface area contributed by atoms with Crippen LogP contribution in [0.1, 0.15) is 18.0 Å². The van der Waals surface area contributed by atoms with Gasteiger partial charge in [0.15, 0.2) is 0 Å². The Morgan fingerprint density at radius 1 is 0.875 bits per heavy atom. The molecule has 0 aliphatic heterocycles. The highest BCUT2D eigenvalue weighted by Gasteiger charge is 2.22. The van der Waals surface area contributed by atoms with Gasteiger partial charge < -0.3 is 14.6 Å². The summed E-state index contributed by atoms with van der Waals surface area (Å²) >= 11 is 0. The summed E-state index contributed by atoms with van der Waals surface area (Å²) < 4.78 is 5.66. The Balaban J connectivity index is 1.74. The Morgan fingerprint density at radius 2 is 1.54 bits per heavy atom. The lowest BCUT2D eigenvalue weighted by molar-refractivity contribution is -0.873. The van der Waals surface area contributed by atoms with Crippen LogP contribution in [-0.4, -0.2) is 25.3 Å². The molecule has 0 radical (unpaired) electrons. The van der Waals surface area contributed by atoms with Gasteiger partial charge >= 0.3 is 0 Å². The van der Waals surface area contributed by atoms with Crippen LogP contribution < -0.4 is 4.74 Å². The number of ether oxygens (including phenoxy) is 1. The molecule has 0 saturated heterocycles. The summed E-state index contributed by atoms with van der Waals surface area (Å²) in [4.78, 5) is 0. The molecular formula is C21H23NO2. The van der Waals surface area contributed by atoms with Crippen LogP contribution in [0.3, 0.4) is 0 Å². The Labute approximate surface area is 143 Å². The normalized spacial score (nSPS) is 13.0. The fourth-order valence-corrected chi connectivity index (χ4v) is 3.11. The van der Waals surface area contributed by atoms with Crippen LogP contribution in [0.4, 0.5) is 0 Å². The summed E-state index contributed by atoms with van der Waals surface area (Å²) in [5.41, 5.74) is 1.05. The van der Waals surface area contributed by atoms with Gasteiger partial charge in [-0.15, -0.1) is 0 Å². The Morgan fingerprint density at radius 3 is 2.29 bits per heavy atom. The fourth-order valence-electron chi connectivity index (χ4n) is 3.11. The molecule has 0 aliphatic rings. The molecule has 0 spiro atoms. The van der Waals surface area contributed by atoms with E-state index in [-0.39, 0.29) is 10.7 Å². The molecule has 0 fully saturated rings. The van der Waals surface area contributed by atoms with E-state index in [1.807, 2.05) is 54.6 Å². The van der Waals surface area contributed by atoms with E-state index in [4.69, 9.17) is 4.74 Å². The number of nitrogens with zero attached hydrogens (tertiary/aromatic N) is 1. The van der Waals surface area contributed by atoms with Crippen LogP contribution in [0.2, 0.25) is 0 Å². The molecule has 3 aromatic rings. The van der Waals surface area contributed by atoms with Crippen LogP contribution in [0, 0.1) is 5.21 Å². The van der Waals surface area contributed by atoms with Crippen molar-refractivity contribution >= 4 is 10.8 Å². The smallest absolute Gasteiger partial charge is 0.127 e. The van der Waals surface area contributed by atoms with E-state index in [0.717, 1.165) is 22.1 Å². The molecule has 0 aliphatic carbocycles. The zero-order chi connectivity index (χ0) is 17.0. The molecule has 0 saturated carbocycles. The lowest BCUT2D eigenvalue weighted by Crippen LogP contribution is -2.37. The molecule has 0 bridgehead atoms. The maximum Gasteiger partial charge on any atom is 0.127 e. The van der Waals surface area contributed by atoms with Gasteiger partial charge in [-0.05, 0) is 11.5 Å². The van der Waals surface area contributed by atoms with Crippen molar-refractivity contribution in [2.24, 2.45) is 0 Å². The molecule has 0 N–H and O–H groups in total. The van der Waals surface area contributed by atoms with Gasteiger partial charge in [-0.25, -0.2) is 0 Å². The largest absolute Gasteiger partial charge is 0.633 e. The number of quaternary nitrogens is 1. The number of fused-ring (bicyclic) bond motifs is 1. The third-order valence-corrected chi connectivity index (χ3v) is 4.33. The quantitative estimate of drug-likeness (QED) is 0.476. The van der Waals surface area contributed by atoms with Gasteiger partial charge in [0.25, 0.3) is 0 Å². The van der Waals surface area contributed by atoms with Gasteiger partial charge in [0, 0.05) is 17.4 Å². The van der Waals surface area contributed by atoms with Crippen molar-refractivity contribution in [3.8, 4) is 5.75 Å². The highest BCUT2D eigenvalue weighted by Crippen LogP contribution is 2.29. The summed E-state index contributed by atoms with van der Waals surface area (Å²) in [7, 11) is 3.38. The van der Waals surface area contributed by atoms with Gasteiger partial charge in [-0.2, -0.15) is 0 Å². The van der Waals surface area contributed by atoms with Crippen LogP contribution in [0.5, 0.6) is 5.75 Å². The molecule has 3 nitrogen and oxygen atoms in total. The van der Waals surface area contributed by atoms with E-state index in [9.17, 15) is 5.21 Å². The number of benzene rings is 3. The van der Waals surface area contributed by atoms with Crippen LogP contribution in [0.15, 0.2) is 72.8 Å². The van der Waals surface area contributed by atoms with Gasteiger partial charge in [-0.3, -0.25) is 0 Å². The van der Waals surface area contributed by atoms with Crippen molar-refractivity contribution in [2.75, 3.05) is 20.7 Å². The molecule has 24 heavy (non-hydrogen) atoms. The van der Waals surface area contributed by atoms with E-state index in [2.05, 4.69) is 18.2 Å². The van der Waals surface area contributed by atoms with Crippen molar-refractivity contribution in [1.82, 2.24) is 0 Å². The first kappa shape index (κ1) is 16.5. The summed E-state index contributed by atoms with van der Waals surface area (Å²) in [6.45, 7) is 0.511. The number of hydrogen-bond acceptors (Lipinski definition) is 2. The van der Waals surface area contributed by atoms with E-state index in [1.165, 1.54) is 0 Å². The lowest BCUT2D eigenvalue weighted by atomic mass is 10.0. The maximum absolute atomic E-state index is 12.5. The molecule has 0 aromatic heterocycles. The topological polar surface area (TPSA) is 32.3 Å². The molecular weight excluding hydrogens is 298 g/mol. The van der Waals surface area contributed by atoms with Crippen molar-refractivity contribution in [2.45, 2.75) is 12.5 Å². The molecule has 3 aromatic carbocycles. The van der Waals surface area contributed by atoms with Crippen molar-refractivity contribution in [3.63, 3.8) is 0 Å². The second-order valence-electron chi connectivity index (χ2n) is 6.48. The van der Waals surface area contributed by atoms with Gasteiger partial charge in [0.2, 0.25) is 0 Å². The predicted molar refractivity (Wildman–Crippen MR) is 98.7 cm³/mol. The summed E-state index contributed by atoms with van der Waals surface area (Å²) in [5.74, 6) is 0.871. The van der Waals surface area contributed by atoms with Crippen molar-refractivity contribution in [3.05, 3.63) is 83.6 Å².